The summed E-state index contributed by atoms with van der Waals surface area (Å²) in [4.78, 5) is 1.82. The number of benzene rings is 1. The molecule has 0 bridgehead atoms. The van der Waals surface area contributed by atoms with E-state index in [2.05, 4.69) is 4.98 Å². The summed E-state index contributed by atoms with van der Waals surface area (Å²) in [6.07, 6.45) is 0. The van der Waals surface area contributed by atoms with Gasteiger partial charge in [-0.05, 0) is 18.1 Å². The molecule has 0 aliphatic carbocycles. The van der Waals surface area contributed by atoms with E-state index >= 15 is 0 Å². The molecular formula is C13H9F4NS. The van der Waals surface area contributed by atoms with Gasteiger partial charge in [-0.1, -0.05) is 24.3 Å². The first-order chi connectivity index (χ1) is 9.00. The monoisotopic (exact) mass is 287 g/mol. The molecule has 0 N–H and O–H groups in total. The van der Waals surface area contributed by atoms with E-state index in [-0.39, 0.29) is 5.75 Å². The average Bonchev–Trinajstić information content (AvgIpc) is 2.38. The number of hydrogen-bond acceptors (Lipinski definition) is 2. The van der Waals surface area contributed by atoms with Crippen molar-refractivity contribution in [2.24, 2.45) is 0 Å². The molecule has 2 aromatic rings. The zero-order valence-electron chi connectivity index (χ0n) is 9.88. The second-order valence-electron chi connectivity index (χ2n) is 3.87. The van der Waals surface area contributed by atoms with Gasteiger partial charge in [-0.25, -0.2) is 8.78 Å². The standard InChI is InChI=1S/C13H9F4NS/c1-7-4-2-3-5-8(7)6-19-11-9(14)12(16)18-13(17)10(11)15/h2-5H,6H2,1H3. The van der Waals surface area contributed by atoms with Crippen LogP contribution < -0.4 is 0 Å². The zero-order valence-corrected chi connectivity index (χ0v) is 10.7. The topological polar surface area (TPSA) is 12.9 Å². The number of aryl methyl sites for hydroxylation is 1. The van der Waals surface area contributed by atoms with Crippen molar-refractivity contribution in [2.75, 3.05) is 0 Å². The molecule has 1 aromatic carbocycles. The molecule has 0 aliphatic heterocycles. The van der Waals surface area contributed by atoms with Gasteiger partial charge in [0.2, 0.25) is 0 Å². The first-order valence-electron chi connectivity index (χ1n) is 5.38. The van der Waals surface area contributed by atoms with Crippen LogP contribution in [0, 0.1) is 30.5 Å². The van der Waals surface area contributed by atoms with Crippen LogP contribution in [-0.4, -0.2) is 4.98 Å². The molecule has 2 rings (SSSR count). The van der Waals surface area contributed by atoms with Crippen LogP contribution in [0.2, 0.25) is 0 Å². The lowest BCUT2D eigenvalue weighted by Gasteiger charge is -2.07. The third kappa shape index (κ3) is 2.89. The van der Waals surface area contributed by atoms with Crippen LogP contribution in [0.15, 0.2) is 29.2 Å². The van der Waals surface area contributed by atoms with Crippen LogP contribution in [0.25, 0.3) is 0 Å². The highest BCUT2D eigenvalue weighted by Crippen LogP contribution is 2.30. The summed E-state index contributed by atoms with van der Waals surface area (Å²) in [5.74, 6) is -5.98. The molecule has 1 heterocycles. The van der Waals surface area contributed by atoms with Crippen molar-refractivity contribution >= 4 is 11.8 Å². The number of nitrogens with zero attached hydrogens (tertiary/aromatic N) is 1. The molecule has 0 aliphatic rings. The highest BCUT2D eigenvalue weighted by molar-refractivity contribution is 7.98. The van der Waals surface area contributed by atoms with E-state index in [0.717, 1.165) is 11.1 Å². The van der Waals surface area contributed by atoms with Gasteiger partial charge >= 0.3 is 0 Å². The minimum Gasteiger partial charge on any atom is -0.201 e. The largest absolute Gasteiger partial charge is 0.252 e. The molecule has 6 heteroatoms. The summed E-state index contributed by atoms with van der Waals surface area (Å²) < 4.78 is 52.6. The van der Waals surface area contributed by atoms with E-state index in [4.69, 9.17) is 0 Å². The number of rotatable bonds is 3. The molecule has 1 nitrogen and oxygen atoms in total. The second kappa shape index (κ2) is 5.61. The lowest BCUT2D eigenvalue weighted by atomic mass is 10.1. The summed E-state index contributed by atoms with van der Waals surface area (Å²) >= 11 is 0.699. The molecule has 0 unspecified atom stereocenters. The predicted molar refractivity (Wildman–Crippen MR) is 64.8 cm³/mol. The highest BCUT2D eigenvalue weighted by Gasteiger charge is 2.21. The number of aromatic nitrogens is 1. The van der Waals surface area contributed by atoms with Gasteiger partial charge in [-0.15, -0.1) is 11.8 Å². The van der Waals surface area contributed by atoms with Crippen molar-refractivity contribution in [1.82, 2.24) is 4.98 Å². The maximum absolute atomic E-state index is 13.4. The summed E-state index contributed by atoms with van der Waals surface area (Å²) in [5, 5.41) is 0. The maximum Gasteiger partial charge on any atom is 0.252 e. The quantitative estimate of drug-likeness (QED) is 0.476. The Morgan fingerprint density at radius 3 is 2.16 bits per heavy atom. The molecule has 0 atom stereocenters. The maximum atomic E-state index is 13.4. The van der Waals surface area contributed by atoms with Crippen molar-refractivity contribution in [1.29, 1.82) is 0 Å². The molecule has 1 aromatic heterocycles. The molecule has 0 saturated heterocycles. The minimum atomic E-state index is -1.63. The first-order valence-corrected chi connectivity index (χ1v) is 6.36. The van der Waals surface area contributed by atoms with Gasteiger partial charge in [-0.3, -0.25) is 0 Å². The highest BCUT2D eigenvalue weighted by atomic mass is 32.2. The Kier molecular flexibility index (Phi) is 4.09. The minimum absolute atomic E-state index is 0.212. The number of thioether (sulfide) groups is 1. The third-order valence-corrected chi connectivity index (χ3v) is 3.69. The fourth-order valence-corrected chi connectivity index (χ4v) is 2.56. The van der Waals surface area contributed by atoms with E-state index in [1.54, 1.807) is 12.1 Å². The number of hydrogen-bond donors (Lipinski definition) is 0. The van der Waals surface area contributed by atoms with Crippen LogP contribution in [0.1, 0.15) is 11.1 Å². The van der Waals surface area contributed by atoms with Crippen molar-refractivity contribution in [3.05, 3.63) is 58.9 Å². The Bertz CT molecular complexity index is 590. The molecule has 0 spiro atoms. The molecule has 0 amide bonds. The fraction of sp³-hybridized carbons (Fsp3) is 0.154. The molecular weight excluding hydrogens is 278 g/mol. The van der Waals surface area contributed by atoms with Crippen molar-refractivity contribution in [2.45, 2.75) is 17.6 Å². The van der Waals surface area contributed by atoms with Gasteiger partial charge in [0.25, 0.3) is 11.9 Å². The Morgan fingerprint density at radius 1 is 1.00 bits per heavy atom. The van der Waals surface area contributed by atoms with Gasteiger partial charge < -0.3 is 0 Å². The van der Waals surface area contributed by atoms with E-state index in [1.165, 1.54) is 0 Å². The molecule has 19 heavy (non-hydrogen) atoms. The zero-order chi connectivity index (χ0) is 14.0. The van der Waals surface area contributed by atoms with Crippen LogP contribution in [-0.2, 0) is 5.75 Å². The van der Waals surface area contributed by atoms with Crippen LogP contribution in [0.4, 0.5) is 17.6 Å². The lowest BCUT2D eigenvalue weighted by molar-refractivity contribution is 0.383. The molecule has 0 radical (unpaired) electrons. The smallest absolute Gasteiger partial charge is 0.201 e. The van der Waals surface area contributed by atoms with Gasteiger partial charge in [0, 0.05) is 5.75 Å². The van der Waals surface area contributed by atoms with E-state index in [9.17, 15) is 17.6 Å². The van der Waals surface area contributed by atoms with Gasteiger partial charge in [0.05, 0.1) is 4.90 Å². The van der Waals surface area contributed by atoms with Crippen LogP contribution in [0.5, 0.6) is 0 Å². The fourth-order valence-electron chi connectivity index (χ4n) is 1.52. The third-order valence-electron chi connectivity index (χ3n) is 2.59. The summed E-state index contributed by atoms with van der Waals surface area (Å²) in [6.45, 7) is 1.84. The Balaban J connectivity index is 2.28. The van der Waals surface area contributed by atoms with Crippen molar-refractivity contribution in [3.8, 4) is 0 Å². The molecule has 0 fully saturated rings. The molecule has 0 saturated carbocycles. The lowest BCUT2D eigenvalue weighted by Crippen LogP contribution is -2.02. The summed E-state index contributed by atoms with van der Waals surface area (Å²) in [6, 6.07) is 7.24. The second-order valence-corrected chi connectivity index (χ2v) is 4.85. The Labute approximate surface area is 111 Å². The van der Waals surface area contributed by atoms with E-state index < -0.39 is 28.4 Å². The Morgan fingerprint density at radius 2 is 1.58 bits per heavy atom. The van der Waals surface area contributed by atoms with E-state index in [0.29, 0.717) is 11.8 Å². The van der Waals surface area contributed by atoms with E-state index in [1.807, 2.05) is 19.1 Å². The predicted octanol–water partition coefficient (Wildman–Crippen LogP) is 4.24. The Hall–Kier alpha value is -1.56. The summed E-state index contributed by atoms with van der Waals surface area (Å²) in [5.41, 5.74) is 1.77. The average molecular weight is 287 g/mol. The van der Waals surface area contributed by atoms with Crippen molar-refractivity contribution in [3.63, 3.8) is 0 Å². The van der Waals surface area contributed by atoms with Crippen LogP contribution in [0.3, 0.4) is 0 Å². The van der Waals surface area contributed by atoms with Crippen LogP contribution >= 0.6 is 11.8 Å². The van der Waals surface area contributed by atoms with Crippen molar-refractivity contribution < 1.29 is 17.6 Å². The number of pyridine rings is 1. The van der Waals surface area contributed by atoms with Gasteiger partial charge in [0.15, 0.2) is 11.6 Å². The molecule has 100 valence electrons. The SMILES string of the molecule is Cc1ccccc1CSc1c(F)c(F)nc(F)c1F. The van der Waals surface area contributed by atoms with Gasteiger partial charge in [-0.2, -0.15) is 13.8 Å². The van der Waals surface area contributed by atoms with Gasteiger partial charge in [0.1, 0.15) is 0 Å². The normalized spacial score (nSPS) is 10.8. The summed E-state index contributed by atoms with van der Waals surface area (Å²) in [7, 11) is 0. The first kappa shape index (κ1) is 13.9. The number of halogens is 4.